The third-order valence-electron chi connectivity index (χ3n) is 6.79. The van der Waals surface area contributed by atoms with Gasteiger partial charge in [-0.15, -0.1) is 0 Å². The Labute approximate surface area is 201 Å². The molecule has 0 amide bonds. The monoisotopic (exact) mass is 459 g/mol. The number of anilines is 3. The van der Waals surface area contributed by atoms with E-state index in [9.17, 15) is 4.79 Å². The Balaban J connectivity index is 1.35. The van der Waals surface area contributed by atoms with E-state index in [0.29, 0.717) is 17.4 Å². The normalized spacial score (nSPS) is 15.1. The van der Waals surface area contributed by atoms with Gasteiger partial charge in [0.2, 0.25) is 0 Å². The number of nitrogens with one attached hydrogen (secondary N) is 1. The van der Waals surface area contributed by atoms with Crippen molar-refractivity contribution in [3.63, 3.8) is 0 Å². The first-order chi connectivity index (χ1) is 16.4. The minimum Gasteiger partial charge on any atom is -0.469 e. The zero-order chi connectivity index (χ0) is 24.1. The van der Waals surface area contributed by atoms with E-state index < -0.39 is 5.41 Å². The predicted molar refractivity (Wildman–Crippen MR) is 135 cm³/mol. The van der Waals surface area contributed by atoms with Gasteiger partial charge in [-0.05, 0) is 70.0 Å². The van der Waals surface area contributed by atoms with Gasteiger partial charge in [-0.2, -0.15) is 0 Å². The van der Waals surface area contributed by atoms with Crippen LogP contribution < -0.4 is 11.1 Å². The van der Waals surface area contributed by atoms with Crippen LogP contribution in [-0.2, 0) is 16.1 Å². The van der Waals surface area contributed by atoms with Crippen molar-refractivity contribution >= 4 is 23.2 Å². The lowest BCUT2D eigenvalue weighted by atomic mass is 9.73. The van der Waals surface area contributed by atoms with Gasteiger partial charge in [0.05, 0.1) is 41.5 Å². The molecule has 1 saturated heterocycles. The summed E-state index contributed by atoms with van der Waals surface area (Å²) in [5.41, 5.74) is 10.0. The summed E-state index contributed by atoms with van der Waals surface area (Å²) in [5.74, 6) is 0.826. The van der Waals surface area contributed by atoms with Gasteiger partial charge in [0, 0.05) is 12.1 Å². The highest BCUT2D eigenvalue weighted by atomic mass is 16.5. The number of piperidine rings is 1. The van der Waals surface area contributed by atoms with E-state index in [0.717, 1.165) is 55.1 Å². The Hall–Kier alpha value is -3.45. The van der Waals surface area contributed by atoms with Crippen molar-refractivity contribution in [3.05, 3.63) is 66.5 Å². The van der Waals surface area contributed by atoms with Gasteiger partial charge in [-0.1, -0.05) is 30.3 Å². The number of nitrogens with zero attached hydrogens (tertiary/aromatic N) is 3. The maximum Gasteiger partial charge on any atom is 0.311 e. The second-order valence-electron chi connectivity index (χ2n) is 9.43. The number of pyridine rings is 2. The Morgan fingerprint density at radius 3 is 2.50 bits per heavy atom. The molecular weight excluding hydrogens is 426 g/mol. The van der Waals surface area contributed by atoms with E-state index in [2.05, 4.69) is 15.2 Å². The molecule has 3 heterocycles. The van der Waals surface area contributed by atoms with Crippen LogP contribution in [0.15, 0.2) is 60.8 Å². The fourth-order valence-electron chi connectivity index (χ4n) is 4.54. The molecule has 0 atom stereocenters. The fraction of sp³-hybridized carbons (Fsp3) is 0.370. The smallest absolute Gasteiger partial charge is 0.311 e. The summed E-state index contributed by atoms with van der Waals surface area (Å²) in [5, 5.41) is 3.30. The Bertz CT molecular complexity index is 1110. The molecule has 1 fully saturated rings. The van der Waals surface area contributed by atoms with Crippen molar-refractivity contribution < 1.29 is 9.53 Å². The maximum absolute atomic E-state index is 12.1. The van der Waals surface area contributed by atoms with Crippen molar-refractivity contribution in [2.24, 2.45) is 11.3 Å². The molecule has 0 saturated carbocycles. The topological polar surface area (TPSA) is 93.4 Å². The minimum absolute atomic E-state index is 0.125. The number of rotatable bonds is 7. The lowest BCUT2D eigenvalue weighted by Gasteiger charge is -2.38. The van der Waals surface area contributed by atoms with E-state index in [1.165, 1.54) is 7.11 Å². The number of hydrogen-bond donors (Lipinski definition) is 2. The van der Waals surface area contributed by atoms with E-state index in [1.54, 1.807) is 0 Å². The van der Waals surface area contributed by atoms with E-state index in [-0.39, 0.29) is 5.97 Å². The molecule has 4 rings (SSSR count). The first-order valence-corrected chi connectivity index (χ1v) is 11.7. The zero-order valence-electron chi connectivity index (χ0n) is 20.1. The predicted octanol–water partition coefficient (Wildman–Crippen LogP) is 4.88. The lowest BCUT2D eigenvalue weighted by Crippen LogP contribution is -2.42. The van der Waals surface area contributed by atoms with Crippen molar-refractivity contribution in [2.75, 3.05) is 31.2 Å². The number of hydrogen-bond acceptors (Lipinski definition) is 7. The minimum atomic E-state index is -0.444. The summed E-state index contributed by atoms with van der Waals surface area (Å²) >= 11 is 0. The largest absolute Gasteiger partial charge is 0.469 e. The number of benzene rings is 1. The number of carbonyl (C=O) groups is 1. The molecule has 0 bridgehead atoms. The average molecular weight is 460 g/mol. The number of ether oxygens (including phenoxy) is 1. The zero-order valence-corrected chi connectivity index (χ0v) is 20.1. The second kappa shape index (κ2) is 10.2. The first kappa shape index (κ1) is 23.7. The average Bonchev–Trinajstić information content (AvgIpc) is 2.87. The molecule has 1 aliphatic heterocycles. The van der Waals surface area contributed by atoms with Crippen LogP contribution in [0.2, 0.25) is 0 Å². The molecule has 0 spiro atoms. The SMILES string of the molecule is COC(=O)C(C)(C)C1CCN(Cc2ccc(Nc3nc(-c4ccccc4)ccc3N)cn2)CC1. The third kappa shape index (κ3) is 5.37. The summed E-state index contributed by atoms with van der Waals surface area (Å²) in [6.45, 7) is 6.65. The molecule has 3 aromatic rings. The molecule has 3 N–H and O–H groups in total. The molecule has 0 aliphatic carbocycles. The van der Waals surface area contributed by atoms with Crippen LogP contribution in [0.25, 0.3) is 11.3 Å². The summed E-state index contributed by atoms with van der Waals surface area (Å²) in [4.78, 5) is 23.8. The number of aromatic nitrogens is 2. The molecule has 178 valence electrons. The number of carbonyl (C=O) groups excluding carboxylic acids is 1. The van der Waals surface area contributed by atoms with Crippen LogP contribution in [0.1, 0.15) is 32.4 Å². The highest BCUT2D eigenvalue weighted by molar-refractivity contribution is 5.76. The van der Waals surface area contributed by atoms with E-state index >= 15 is 0 Å². The molecule has 34 heavy (non-hydrogen) atoms. The quantitative estimate of drug-likeness (QED) is 0.486. The van der Waals surface area contributed by atoms with Crippen molar-refractivity contribution in [3.8, 4) is 11.3 Å². The van der Waals surface area contributed by atoms with Gasteiger partial charge in [-0.3, -0.25) is 14.7 Å². The van der Waals surface area contributed by atoms with Crippen molar-refractivity contribution in [1.29, 1.82) is 0 Å². The summed E-state index contributed by atoms with van der Waals surface area (Å²) in [7, 11) is 1.47. The number of nitrogen functional groups attached to an aromatic ring is 1. The van der Waals surface area contributed by atoms with Crippen molar-refractivity contribution in [1.82, 2.24) is 14.9 Å². The van der Waals surface area contributed by atoms with Gasteiger partial charge in [-0.25, -0.2) is 4.98 Å². The Morgan fingerprint density at radius 1 is 1.12 bits per heavy atom. The molecule has 1 aromatic carbocycles. The van der Waals surface area contributed by atoms with Crippen LogP contribution in [0.4, 0.5) is 17.2 Å². The van der Waals surface area contributed by atoms with Crippen LogP contribution in [-0.4, -0.2) is 41.0 Å². The van der Waals surface area contributed by atoms with Gasteiger partial charge >= 0.3 is 5.97 Å². The van der Waals surface area contributed by atoms with Gasteiger partial charge in [0.15, 0.2) is 5.82 Å². The molecule has 7 heteroatoms. The Morgan fingerprint density at radius 2 is 1.85 bits per heavy atom. The fourth-order valence-corrected chi connectivity index (χ4v) is 4.54. The van der Waals surface area contributed by atoms with Gasteiger partial charge in [0.1, 0.15) is 0 Å². The van der Waals surface area contributed by atoms with Gasteiger partial charge < -0.3 is 15.8 Å². The Kier molecular flexibility index (Phi) is 7.12. The van der Waals surface area contributed by atoms with Gasteiger partial charge in [0.25, 0.3) is 0 Å². The lowest BCUT2D eigenvalue weighted by molar-refractivity contribution is -0.155. The highest BCUT2D eigenvalue weighted by Gasteiger charge is 2.39. The van der Waals surface area contributed by atoms with E-state index in [1.807, 2.05) is 74.6 Å². The number of esters is 1. The highest BCUT2D eigenvalue weighted by Crippen LogP contribution is 2.36. The van der Waals surface area contributed by atoms with Crippen molar-refractivity contribution in [2.45, 2.75) is 33.2 Å². The third-order valence-corrected chi connectivity index (χ3v) is 6.79. The number of likely N-dealkylation sites (tertiary alicyclic amines) is 1. The molecule has 0 radical (unpaired) electrons. The molecule has 1 aliphatic rings. The van der Waals surface area contributed by atoms with Crippen LogP contribution in [0.5, 0.6) is 0 Å². The number of methoxy groups -OCH3 is 1. The maximum atomic E-state index is 12.1. The summed E-state index contributed by atoms with van der Waals surface area (Å²) < 4.78 is 5.00. The van der Waals surface area contributed by atoms with Crippen LogP contribution in [0.3, 0.4) is 0 Å². The second-order valence-corrected chi connectivity index (χ2v) is 9.43. The molecule has 0 unspecified atom stereocenters. The van der Waals surface area contributed by atoms with Crippen LogP contribution >= 0.6 is 0 Å². The molecule has 2 aromatic heterocycles. The van der Waals surface area contributed by atoms with E-state index in [4.69, 9.17) is 15.5 Å². The summed E-state index contributed by atoms with van der Waals surface area (Å²) in [6.07, 6.45) is 3.77. The first-order valence-electron chi connectivity index (χ1n) is 11.7. The summed E-state index contributed by atoms with van der Waals surface area (Å²) in [6, 6.07) is 17.8. The number of nitrogens with two attached hydrogens (primary N) is 1. The van der Waals surface area contributed by atoms with Crippen LogP contribution in [0, 0.1) is 11.3 Å². The molecular formula is C27H33N5O2. The standard InChI is InChI=1S/C27H33N5O2/c1-27(2,26(33)34-3)20-13-15-32(16-14-20)18-22-10-9-21(17-29-22)30-25-23(28)11-12-24(31-25)19-7-5-4-6-8-19/h4-12,17,20H,13-16,18,28H2,1-3H3,(H,30,31). The molecule has 7 nitrogen and oxygen atoms in total.